The first-order chi connectivity index (χ1) is 11.6. The summed E-state index contributed by atoms with van der Waals surface area (Å²) in [5.41, 5.74) is 1.39. The smallest absolute Gasteiger partial charge is 0.303 e. The van der Waals surface area contributed by atoms with Gasteiger partial charge in [-0.15, -0.1) is 0 Å². The topological polar surface area (TPSA) is 46.5 Å². The molecule has 1 aromatic carbocycles. The molecule has 0 amide bonds. The highest BCUT2D eigenvalue weighted by Gasteiger charge is 2.34. The summed E-state index contributed by atoms with van der Waals surface area (Å²) in [7, 11) is 1.79. The minimum absolute atomic E-state index is 0.0142. The molecule has 134 valence electrons. The quantitative estimate of drug-likeness (QED) is 0.638. The van der Waals surface area contributed by atoms with E-state index in [1.165, 1.54) is 24.8 Å². The average molecular weight is 332 g/mol. The molecule has 1 atom stereocenters. The van der Waals surface area contributed by atoms with Crippen molar-refractivity contribution in [2.24, 2.45) is 5.41 Å². The van der Waals surface area contributed by atoms with E-state index in [2.05, 4.69) is 24.3 Å². The largest absolute Gasteiger partial charge is 0.481 e. The number of carbonyl (C=O) groups is 1. The molecular formula is C21H32O3. The van der Waals surface area contributed by atoms with Gasteiger partial charge in [-0.3, -0.25) is 4.79 Å². The molecule has 0 saturated heterocycles. The predicted molar refractivity (Wildman–Crippen MR) is 97.2 cm³/mol. The van der Waals surface area contributed by atoms with Crippen LogP contribution in [0.3, 0.4) is 0 Å². The normalized spacial score (nSPS) is 18.2. The Hall–Kier alpha value is -1.35. The Kier molecular flexibility index (Phi) is 7.77. The van der Waals surface area contributed by atoms with Crippen LogP contribution in [-0.2, 0) is 16.0 Å². The van der Waals surface area contributed by atoms with Crippen molar-refractivity contribution in [3.05, 3.63) is 35.9 Å². The van der Waals surface area contributed by atoms with Crippen LogP contribution in [0.4, 0.5) is 0 Å². The first-order valence-electron chi connectivity index (χ1n) is 9.42. The predicted octanol–water partition coefficient (Wildman–Crippen LogP) is 5.23. The van der Waals surface area contributed by atoms with Crippen LogP contribution in [0.1, 0.15) is 69.8 Å². The minimum Gasteiger partial charge on any atom is -0.481 e. The molecule has 1 aromatic rings. The Labute approximate surface area is 146 Å². The van der Waals surface area contributed by atoms with Crippen molar-refractivity contribution < 1.29 is 14.6 Å². The molecule has 0 heterocycles. The lowest BCUT2D eigenvalue weighted by Gasteiger charge is -2.37. The molecule has 1 unspecified atom stereocenters. The van der Waals surface area contributed by atoms with E-state index in [1.54, 1.807) is 7.11 Å². The zero-order chi connectivity index (χ0) is 17.3. The highest BCUT2D eigenvalue weighted by Crippen LogP contribution is 2.43. The fourth-order valence-corrected chi connectivity index (χ4v) is 4.16. The van der Waals surface area contributed by atoms with Gasteiger partial charge in [0, 0.05) is 7.11 Å². The molecule has 1 aliphatic rings. The molecule has 3 nitrogen and oxygen atoms in total. The third-order valence-corrected chi connectivity index (χ3v) is 5.60. The maximum absolute atomic E-state index is 11.3. The van der Waals surface area contributed by atoms with Crippen molar-refractivity contribution in [3.8, 4) is 0 Å². The molecule has 1 aliphatic carbocycles. The lowest BCUT2D eigenvalue weighted by Crippen LogP contribution is -2.29. The summed E-state index contributed by atoms with van der Waals surface area (Å²) in [6.07, 6.45) is 11.6. The van der Waals surface area contributed by atoms with Crippen LogP contribution >= 0.6 is 0 Å². The third-order valence-electron chi connectivity index (χ3n) is 5.60. The van der Waals surface area contributed by atoms with E-state index in [0.717, 1.165) is 44.9 Å². The molecule has 2 rings (SSSR count). The molecule has 3 heteroatoms. The van der Waals surface area contributed by atoms with Crippen molar-refractivity contribution in [1.29, 1.82) is 0 Å². The van der Waals surface area contributed by atoms with E-state index in [0.29, 0.717) is 6.42 Å². The van der Waals surface area contributed by atoms with Gasteiger partial charge >= 0.3 is 5.97 Å². The van der Waals surface area contributed by atoms with Gasteiger partial charge in [-0.2, -0.15) is 0 Å². The molecule has 0 radical (unpaired) electrons. The molecular weight excluding hydrogens is 300 g/mol. The van der Waals surface area contributed by atoms with Gasteiger partial charge in [0.15, 0.2) is 0 Å². The first kappa shape index (κ1) is 19.0. The summed E-state index contributed by atoms with van der Waals surface area (Å²) in [6.45, 7) is 0. The van der Waals surface area contributed by atoms with Gasteiger partial charge in [0.05, 0.1) is 12.5 Å². The molecule has 0 spiro atoms. The number of carboxylic acids is 1. The summed E-state index contributed by atoms with van der Waals surface area (Å²) in [5, 5.41) is 9.29. The van der Waals surface area contributed by atoms with Crippen molar-refractivity contribution in [2.75, 3.05) is 7.11 Å². The van der Waals surface area contributed by atoms with Gasteiger partial charge in [0.2, 0.25) is 0 Å². The zero-order valence-corrected chi connectivity index (χ0v) is 15.0. The molecule has 0 aromatic heterocycles. The average Bonchev–Trinajstić information content (AvgIpc) is 2.59. The summed E-state index contributed by atoms with van der Waals surface area (Å²) >= 11 is 0. The lowest BCUT2D eigenvalue weighted by molar-refractivity contribution is -0.140. The van der Waals surface area contributed by atoms with Crippen molar-refractivity contribution in [2.45, 2.75) is 76.7 Å². The molecule has 1 saturated carbocycles. The summed E-state index contributed by atoms with van der Waals surface area (Å²) in [6, 6.07) is 10.6. The number of hydrogen-bond acceptors (Lipinski definition) is 2. The maximum Gasteiger partial charge on any atom is 0.303 e. The Balaban J connectivity index is 1.79. The SMILES string of the molecule is COC(CCCc1ccccc1)CCC1(CC(=O)O)CCCCC1. The van der Waals surface area contributed by atoms with Gasteiger partial charge < -0.3 is 9.84 Å². The molecule has 24 heavy (non-hydrogen) atoms. The second-order valence-corrected chi connectivity index (χ2v) is 7.41. The standard InChI is InChI=1S/C21H32O3/c1-24-19(12-8-11-18-9-4-2-5-10-18)13-16-21(17-20(22)23)14-6-3-7-15-21/h2,4-5,9-10,19H,3,6-8,11-17H2,1H3,(H,22,23). The highest BCUT2D eigenvalue weighted by atomic mass is 16.5. The third kappa shape index (κ3) is 6.27. The van der Waals surface area contributed by atoms with E-state index in [9.17, 15) is 9.90 Å². The van der Waals surface area contributed by atoms with Gasteiger partial charge in [0.25, 0.3) is 0 Å². The number of aryl methyl sites for hydroxylation is 1. The lowest BCUT2D eigenvalue weighted by atomic mass is 9.68. The number of methoxy groups -OCH3 is 1. The van der Waals surface area contributed by atoms with Gasteiger partial charge in [-0.05, 0) is 55.9 Å². The second-order valence-electron chi connectivity index (χ2n) is 7.41. The number of ether oxygens (including phenoxy) is 1. The minimum atomic E-state index is -0.644. The Morgan fingerprint density at radius 3 is 2.50 bits per heavy atom. The summed E-state index contributed by atoms with van der Waals surface area (Å²) in [5.74, 6) is -0.644. The van der Waals surface area contributed by atoms with E-state index in [-0.39, 0.29) is 11.5 Å². The monoisotopic (exact) mass is 332 g/mol. The van der Waals surface area contributed by atoms with Gasteiger partial charge in [-0.25, -0.2) is 0 Å². The van der Waals surface area contributed by atoms with E-state index < -0.39 is 5.97 Å². The zero-order valence-electron chi connectivity index (χ0n) is 15.0. The van der Waals surface area contributed by atoms with Crippen LogP contribution in [0.25, 0.3) is 0 Å². The van der Waals surface area contributed by atoms with Crippen LogP contribution in [0.2, 0.25) is 0 Å². The van der Waals surface area contributed by atoms with E-state index in [4.69, 9.17) is 4.74 Å². The first-order valence-corrected chi connectivity index (χ1v) is 9.42. The number of rotatable bonds is 10. The fourth-order valence-electron chi connectivity index (χ4n) is 4.16. The van der Waals surface area contributed by atoms with Crippen LogP contribution in [0.15, 0.2) is 30.3 Å². The van der Waals surface area contributed by atoms with Crippen molar-refractivity contribution in [1.82, 2.24) is 0 Å². The molecule has 1 N–H and O–H groups in total. The van der Waals surface area contributed by atoms with Crippen molar-refractivity contribution >= 4 is 5.97 Å². The number of carboxylic acid groups (broad SMARTS) is 1. The fraction of sp³-hybridized carbons (Fsp3) is 0.667. The van der Waals surface area contributed by atoms with E-state index >= 15 is 0 Å². The van der Waals surface area contributed by atoms with Crippen LogP contribution in [0, 0.1) is 5.41 Å². The Morgan fingerprint density at radius 2 is 1.88 bits per heavy atom. The molecule has 0 bridgehead atoms. The molecule has 1 fully saturated rings. The maximum atomic E-state index is 11.3. The Bertz CT molecular complexity index is 477. The van der Waals surface area contributed by atoms with Crippen LogP contribution in [-0.4, -0.2) is 24.3 Å². The van der Waals surface area contributed by atoms with Gasteiger partial charge in [-0.1, -0.05) is 49.6 Å². The summed E-state index contributed by atoms with van der Waals surface area (Å²) < 4.78 is 5.68. The molecule has 0 aliphatic heterocycles. The number of benzene rings is 1. The highest BCUT2D eigenvalue weighted by molar-refractivity contribution is 5.67. The summed E-state index contributed by atoms with van der Waals surface area (Å²) in [4.78, 5) is 11.3. The van der Waals surface area contributed by atoms with Gasteiger partial charge in [0.1, 0.15) is 0 Å². The van der Waals surface area contributed by atoms with Crippen molar-refractivity contribution in [3.63, 3.8) is 0 Å². The van der Waals surface area contributed by atoms with E-state index in [1.807, 2.05) is 6.07 Å². The van der Waals surface area contributed by atoms with Crippen LogP contribution < -0.4 is 0 Å². The number of hydrogen-bond donors (Lipinski definition) is 1. The Morgan fingerprint density at radius 1 is 1.17 bits per heavy atom. The van der Waals surface area contributed by atoms with Crippen LogP contribution in [0.5, 0.6) is 0 Å². The second kappa shape index (κ2) is 9.83. The number of aliphatic carboxylic acids is 1.